The van der Waals surface area contributed by atoms with Crippen LogP contribution in [0.3, 0.4) is 0 Å². The number of rotatable bonds is 4. The number of non-ortho nitro benzene ring substituents is 1. The van der Waals surface area contributed by atoms with Crippen molar-refractivity contribution >= 4 is 32.7 Å². The molecule has 6 heteroatoms. The lowest BCUT2D eigenvalue weighted by Crippen LogP contribution is -1.90. The second kappa shape index (κ2) is 4.83. The molecule has 0 aliphatic rings. The zero-order valence-electron chi connectivity index (χ0n) is 9.36. The van der Waals surface area contributed by atoms with Crippen LogP contribution >= 0.6 is 15.9 Å². The van der Waals surface area contributed by atoms with E-state index in [1.54, 1.807) is 0 Å². The number of aromatic nitrogens is 2. The molecule has 17 heavy (non-hydrogen) atoms. The minimum Gasteiger partial charge on any atom is -0.342 e. The summed E-state index contributed by atoms with van der Waals surface area (Å²) in [5, 5.41) is 10.9. The number of nitro benzene ring substituents is 1. The predicted molar refractivity (Wildman–Crippen MR) is 69.1 cm³/mol. The van der Waals surface area contributed by atoms with Crippen LogP contribution in [-0.2, 0) is 6.42 Å². The summed E-state index contributed by atoms with van der Waals surface area (Å²) in [4.78, 5) is 17.9. The second-order valence-electron chi connectivity index (χ2n) is 3.87. The maximum atomic E-state index is 10.9. The van der Waals surface area contributed by atoms with E-state index in [1.807, 2.05) is 6.07 Å². The Morgan fingerprint density at radius 2 is 2.29 bits per heavy atom. The minimum atomic E-state index is -0.405. The molecule has 1 N–H and O–H groups in total. The number of hydrogen-bond acceptors (Lipinski definition) is 3. The van der Waals surface area contributed by atoms with E-state index in [2.05, 4.69) is 32.8 Å². The Bertz CT molecular complexity index is 565. The zero-order chi connectivity index (χ0) is 12.4. The van der Waals surface area contributed by atoms with E-state index < -0.39 is 4.92 Å². The molecule has 5 nitrogen and oxygen atoms in total. The van der Waals surface area contributed by atoms with Gasteiger partial charge >= 0.3 is 0 Å². The Labute approximate surface area is 107 Å². The average Bonchev–Trinajstić information content (AvgIpc) is 2.67. The van der Waals surface area contributed by atoms with Crippen LogP contribution in [0, 0.1) is 10.1 Å². The van der Waals surface area contributed by atoms with Crippen LogP contribution in [0.25, 0.3) is 11.0 Å². The van der Waals surface area contributed by atoms with Gasteiger partial charge in [-0.2, -0.15) is 0 Å². The zero-order valence-corrected chi connectivity index (χ0v) is 11.0. The standard InChI is InChI=1S/C11H12BrN3O2/c1-2-3-4-10-13-8-5-7(12)6-9(15(16)17)11(8)14-10/h5-6H,2-4H2,1H3,(H,13,14). The first kappa shape index (κ1) is 12.0. The Morgan fingerprint density at radius 1 is 1.53 bits per heavy atom. The fourth-order valence-electron chi connectivity index (χ4n) is 1.72. The molecular formula is C11H12BrN3O2. The number of fused-ring (bicyclic) bond motifs is 1. The number of halogens is 1. The maximum absolute atomic E-state index is 10.9. The summed E-state index contributed by atoms with van der Waals surface area (Å²) in [6.07, 6.45) is 2.91. The summed E-state index contributed by atoms with van der Waals surface area (Å²) in [6.45, 7) is 2.10. The monoisotopic (exact) mass is 297 g/mol. The van der Waals surface area contributed by atoms with Crippen LogP contribution < -0.4 is 0 Å². The highest BCUT2D eigenvalue weighted by Crippen LogP contribution is 2.28. The smallest absolute Gasteiger partial charge is 0.298 e. The Hall–Kier alpha value is -1.43. The number of nitrogens with zero attached hydrogens (tertiary/aromatic N) is 2. The van der Waals surface area contributed by atoms with Gasteiger partial charge in [0, 0.05) is 17.0 Å². The van der Waals surface area contributed by atoms with Crippen molar-refractivity contribution in [3.8, 4) is 0 Å². The summed E-state index contributed by atoms with van der Waals surface area (Å²) < 4.78 is 0.683. The van der Waals surface area contributed by atoms with Gasteiger partial charge in [0.2, 0.25) is 0 Å². The Morgan fingerprint density at radius 3 is 2.94 bits per heavy atom. The molecule has 90 valence electrons. The Balaban J connectivity index is 2.51. The van der Waals surface area contributed by atoms with Crippen LogP contribution in [0.15, 0.2) is 16.6 Å². The predicted octanol–water partition coefficient (Wildman–Crippen LogP) is 3.58. The third kappa shape index (κ3) is 2.46. The number of nitro groups is 1. The van der Waals surface area contributed by atoms with Crippen LogP contribution in [0.2, 0.25) is 0 Å². The summed E-state index contributed by atoms with van der Waals surface area (Å²) in [6, 6.07) is 3.29. The highest BCUT2D eigenvalue weighted by atomic mass is 79.9. The van der Waals surface area contributed by atoms with Gasteiger partial charge in [-0.25, -0.2) is 4.98 Å². The van der Waals surface area contributed by atoms with E-state index >= 15 is 0 Å². The molecule has 2 rings (SSSR count). The fraction of sp³-hybridized carbons (Fsp3) is 0.364. The molecule has 0 atom stereocenters. The summed E-state index contributed by atoms with van der Waals surface area (Å²) in [7, 11) is 0. The van der Waals surface area contributed by atoms with Gasteiger partial charge in [0.25, 0.3) is 5.69 Å². The molecule has 1 heterocycles. The van der Waals surface area contributed by atoms with Crippen molar-refractivity contribution in [2.75, 3.05) is 0 Å². The third-order valence-corrected chi connectivity index (χ3v) is 3.00. The van der Waals surface area contributed by atoms with E-state index in [1.165, 1.54) is 6.07 Å². The number of imidazole rings is 1. The van der Waals surface area contributed by atoms with Crippen LogP contribution in [0.1, 0.15) is 25.6 Å². The third-order valence-electron chi connectivity index (χ3n) is 2.54. The molecule has 0 aliphatic heterocycles. The number of hydrogen-bond donors (Lipinski definition) is 1. The van der Waals surface area contributed by atoms with E-state index in [0.29, 0.717) is 15.5 Å². The minimum absolute atomic E-state index is 0.0355. The molecule has 2 aromatic rings. The number of aromatic amines is 1. The molecule has 1 aromatic carbocycles. The number of H-pyrrole nitrogens is 1. The molecule has 0 saturated heterocycles. The molecule has 1 aromatic heterocycles. The summed E-state index contributed by atoms with van der Waals surface area (Å²) in [5.74, 6) is 0.808. The van der Waals surface area contributed by atoms with Gasteiger partial charge in [0.15, 0.2) is 5.52 Å². The molecule has 0 spiro atoms. The van der Waals surface area contributed by atoms with Gasteiger partial charge < -0.3 is 4.98 Å². The average molecular weight is 298 g/mol. The van der Waals surface area contributed by atoms with Crippen molar-refractivity contribution < 1.29 is 4.92 Å². The van der Waals surface area contributed by atoms with Crippen molar-refractivity contribution in [1.29, 1.82) is 0 Å². The maximum Gasteiger partial charge on any atom is 0.298 e. The SMILES string of the molecule is CCCCc1nc2c([N+](=O)[O-])cc(Br)cc2[nH]1. The fourth-order valence-corrected chi connectivity index (χ4v) is 2.16. The van der Waals surface area contributed by atoms with Gasteiger partial charge in [-0.15, -0.1) is 0 Å². The normalized spacial score (nSPS) is 10.9. The first-order valence-corrected chi connectivity index (χ1v) is 6.23. The quantitative estimate of drug-likeness (QED) is 0.692. The molecule has 0 saturated carbocycles. The Kier molecular flexibility index (Phi) is 3.42. The molecule has 0 radical (unpaired) electrons. The van der Waals surface area contributed by atoms with E-state index in [9.17, 15) is 10.1 Å². The lowest BCUT2D eigenvalue weighted by atomic mass is 10.2. The van der Waals surface area contributed by atoms with Gasteiger partial charge in [-0.1, -0.05) is 29.3 Å². The topological polar surface area (TPSA) is 71.8 Å². The molecule has 0 aliphatic carbocycles. The van der Waals surface area contributed by atoms with Crippen molar-refractivity contribution in [2.24, 2.45) is 0 Å². The van der Waals surface area contributed by atoms with Gasteiger partial charge in [-0.05, 0) is 12.5 Å². The van der Waals surface area contributed by atoms with E-state index in [0.717, 1.165) is 25.1 Å². The second-order valence-corrected chi connectivity index (χ2v) is 4.78. The van der Waals surface area contributed by atoms with Crippen molar-refractivity contribution in [2.45, 2.75) is 26.2 Å². The van der Waals surface area contributed by atoms with Crippen molar-refractivity contribution in [3.05, 3.63) is 32.5 Å². The highest BCUT2D eigenvalue weighted by molar-refractivity contribution is 9.10. The molecule has 0 fully saturated rings. The van der Waals surface area contributed by atoms with Crippen molar-refractivity contribution in [3.63, 3.8) is 0 Å². The first-order valence-electron chi connectivity index (χ1n) is 5.44. The van der Waals surface area contributed by atoms with Crippen LogP contribution in [0.4, 0.5) is 5.69 Å². The number of unbranched alkanes of at least 4 members (excludes halogenated alkanes) is 1. The van der Waals surface area contributed by atoms with Gasteiger partial charge in [0.1, 0.15) is 5.82 Å². The van der Waals surface area contributed by atoms with Crippen LogP contribution in [-0.4, -0.2) is 14.9 Å². The van der Waals surface area contributed by atoms with E-state index in [4.69, 9.17) is 0 Å². The highest BCUT2D eigenvalue weighted by Gasteiger charge is 2.17. The van der Waals surface area contributed by atoms with Gasteiger partial charge in [0.05, 0.1) is 10.4 Å². The molecule has 0 unspecified atom stereocenters. The number of benzene rings is 1. The lowest BCUT2D eigenvalue weighted by Gasteiger charge is -1.93. The van der Waals surface area contributed by atoms with Crippen LogP contribution in [0.5, 0.6) is 0 Å². The van der Waals surface area contributed by atoms with E-state index in [-0.39, 0.29) is 5.69 Å². The van der Waals surface area contributed by atoms with Gasteiger partial charge in [-0.3, -0.25) is 10.1 Å². The number of nitrogens with one attached hydrogen (secondary N) is 1. The summed E-state index contributed by atoms with van der Waals surface area (Å²) in [5.41, 5.74) is 1.18. The lowest BCUT2D eigenvalue weighted by molar-refractivity contribution is -0.383. The molecular weight excluding hydrogens is 286 g/mol. The van der Waals surface area contributed by atoms with Crippen molar-refractivity contribution in [1.82, 2.24) is 9.97 Å². The summed E-state index contributed by atoms with van der Waals surface area (Å²) >= 11 is 3.26. The largest absolute Gasteiger partial charge is 0.342 e. The number of aryl methyl sites for hydroxylation is 1. The molecule has 0 bridgehead atoms. The first-order chi connectivity index (χ1) is 8.11. The molecule has 0 amide bonds.